The lowest BCUT2D eigenvalue weighted by atomic mass is 10.1. The predicted octanol–water partition coefficient (Wildman–Crippen LogP) is -0.635. The number of ether oxygens (including phenoxy) is 3. The Hall–Kier alpha value is -1.79. The molecular weight excluding hydrogens is 369 g/mol. The van der Waals surface area contributed by atoms with Crippen LogP contribution in [0.2, 0.25) is 0 Å². The molecule has 12 nitrogen and oxygen atoms in total. The molecule has 142 valence electrons. The van der Waals surface area contributed by atoms with Crippen molar-refractivity contribution >= 4 is 25.2 Å². The van der Waals surface area contributed by atoms with Crippen LogP contribution in [-0.4, -0.2) is 74.8 Å². The molecule has 1 fully saturated rings. The molecule has 3 unspecified atom stereocenters. The van der Waals surface area contributed by atoms with Gasteiger partial charge in [-0.25, -0.2) is 15.0 Å². The summed E-state index contributed by atoms with van der Waals surface area (Å²) in [6, 6.07) is 0. The summed E-state index contributed by atoms with van der Waals surface area (Å²) in [6.07, 6.45) is -0.760. The number of anilines is 1. The zero-order valence-electron chi connectivity index (χ0n) is 13.8. The van der Waals surface area contributed by atoms with E-state index in [4.69, 9.17) is 29.4 Å². The molecular formula is C13H19N5O7P+. The zero-order chi connectivity index (χ0) is 18.7. The van der Waals surface area contributed by atoms with Crippen LogP contribution >= 0.6 is 8.25 Å². The van der Waals surface area contributed by atoms with Crippen molar-refractivity contribution < 1.29 is 33.3 Å². The Labute approximate surface area is 148 Å². The first-order valence-corrected chi connectivity index (χ1v) is 8.82. The molecule has 1 aliphatic heterocycles. The molecule has 2 aromatic rings. The number of aromatic nitrogens is 4. The number of nitrogens with two attached hydrogens (primary N) is 1. The Morgan fingerprint density at radius 2 is 2.15 bits per heavy atom. The van der Waals surface area contributed by atoms with Crippen LogP contribution in [0.15, 0.2) is 12.7 Å². The smallest absolute Gasteiger partial charge is 0.394 e. The largest absolute Gasteiger partial charge is 0.695 e. The molecule has 13 heteroatoms. The van der Waals surface area contributed by atoms with Crippen molar-refractivity contribution in [2.24, 2.45) is 0 Å². The van der Waals surface area contributed by atoms with Crippen molar-refractivity contribution in [3.05, 3.63) is 12.7 Å². The zero-order valence-corrected chi connectivity index (χ0v) is 14.7. The molecule has 26 heavy (non-hydrogen) atoms. The third kappa shape index (κ3) is 3.67. The molecule has 0 saturated carbocycles. The van der Waals surface area contributed by atoms with E-state index < -0.39 is 39.4 Å². The quantitative estimate of drug-likeness (QED) is 0.389. The van der Waals surface area contributed by atoms with Crippen molar-refractivity contribution in [2.45, 2.75) is 24.5 Å². The van der Waals surface area contributed by atoms with Gasteiger partial charge in [0.15, 0.2) is 23.8 Å². The Kier molecular flexibility index (Phi) is 6.04. The molecule has 3 heterocycles. The highest BCUT2D eigenvalue weighted by Crippen LogP contribution is 2.38. The van der Waals surface area contributed by atoms with Crippen LogP contribution in [0, 0.1) is 0 Å². The Bertz CT molecular complexity index is 774. The maximum atomic E-state index is 11.2. The number of hydrogen-bond donors (Lipinski definition) is 3. The first kappa shape index (κ1) is 19.0. The minimum atomic E-state index is -2.93. The summed E-state index contributed by atoms with van der Waals surface area (Å²) in [7, 11) is -1.41. The van der Waals surface area contributed by atoms with Gasteiger partial charge in [0.2, 0.25) is 0 Å². The number of methoxy groups -OCH3 is 1. The second-order valence-corrected chi connectivity index (χ2v) is 6.15. The van der Waals surface area contributed by atoms with Gasteiger partial charge < -0.3 is 25.1 Å². The van der Waals surface area contributed by atoms with Crippen LogP contribution in [0.1, 0.15) is 6.23 Å². The van der Waals surface area contributed by atoms with Crippen molar-refractivity contribution in [3.63, 3.8) is 0 Å². The summed E-state index contributed by atoms with van der Waals surface area (Å²) in [5.41, 5.74) is 6.57. The van der Waals surface area contributed by atoms with Gasteiger partial charge >= 0.3 is 8.25 Å². The lowest BCUT2D eigenvalue weighted by Crippen LogP contribution is -2.37. The summed E-state index contributed by atoms with van der Waals surface area (Å²) < 4.78 is 34.3. The first-order chi connectivity index (χ1) is 12.6. The minimum absolute atomic E-state index is 0.186. The number of rotatable bonds is 8. The van der Waals surface area contributed by atoms with Gasteiger partial charge in [0.25, 0.3) is 0 Å². The van der Waals surface area contributed by atoms with E-state index >= 15 is 0 Å². The number of fused-ring (bicyclic) bond motifs is 1. The Morgan fingerprint density at radius 3 is 2.85 bits per heavy atom. The van der Waals surface area contributed by atoms with Gasteiger partial charge in [-0.1, -0.05) is 0 Å². The minimum Gasteiger partial charge on any atom is -0.394 e. The van der Waals surface area contributed by atoms with E-state index in [0.717, 1.165) is 0 Å². The molecule has 0 spiro atoms. The Morgan fingerprint density at radius 1 is 1.35 bits per heavy atom. The highest BCUT2D eigenvalue weighted by molar-refractivity contribution is 7.32. The van der Waals surface area contributed by atoms with Crippen molar-refractivity contribution in [1.82, 2.24) is 19.5 Å². The molecule has 0 radical (unpaired) electrons. The molecule has 3 rings (SSSR count). The van der Waals surface area contributed by atoms with Crippen molar-refractivity contribution in [3.8, 4) is 0 Å². The second-order valence-electron chi connectivity index (χ2n) is 5.47. The highest BCUT2D eigenvalue weighted by atomic mass is 31.1. The normalized spacial score (nSPS) is 26.5. The van der Waals surface area contributed by atoms with Gasteiger partial charge in [-0.05, 0) is 0 Å². The lowest BCUT2D eigenvalue weighted by Gasteiger charge is -2.21. The van der Waals surface area contributed by atoms with E-state index in [0.29, 0.717) is 17.8 Å². The number of nitrogens with zero attached hydrogens (tertiary/aromatic N) is 4. The standard InChI is InChI=1S/C13H18N5O7P/c1-22-2-3-23-10-9(25-26(20)21)7(4-19)24-13(10)18-6-17-8-11(14)15-5-16-12(8)18/h5-7,9-10,13,19H,2-4H2,1H3,(H2-,14,15,16,20,21)/p+1/t7-,9?,10?,13-/m1/s1. The van der Waals surface area contributed by atoms with E-state index in [-0.39, 0.29) is 12.4 Å². The predicted molar refractivity (Wildman–Crippen MR) is 87.0 cm³/mol. The molecule has 5 atom stereocenters. The van der Waals surface area contributed by atoms with Crippen LogP contribution in [0.5, 0.6) is 0 Å². The number of aliphatic hydroxyl groups is 1. The SMILES string of the molecule is COCCOC1C(O[P+](=O)O)[C@@H](CO)O[C@H]1n1cnc2c(N)ncnc21. The van der Waals surface area contributed by atoms with Crippen LogP contribution in [0.4, 0.5) is 5.82 Å². The van der Waals surface area contributed by atoms with E-state index in [1.54, 1.807) is 4.57 Å². The molecule has 0 aromatic carbocycles. The van der Waals surface area contributed by atoms with Crippen LogP contribution in [0.25, 0.3) is 11.2 Å². The van der Waals surface area contributed by atoms with E-state index in [1.807, 2.05) is 0 Å². The van der Waals surface area contributed by atoms with Gasteiger partial charge in [0, 0.05) is 11.7 Å². The average Bonchev–Trinajstić information content (AvgIpc) is 3.17. The number of aliphatic hydroxyl groups excluding tert-OH is 1. The summed E-state index contributed by atoms with van der Waals surface area (Å²) in [5, 5.41) is 9.58. The molecule has 4 N–H and O–H groups in total. The maximum absolute atomic E-state index is 11.2. The first-order valence-electron chi connectivity index (χ1n) is 7.69. The van der Waals surface area contributed by atoms with Crippen LogP contribution in [-0.2, 0) is 23.3 Å². The molecule has 1 saturated heterocycles. The fraction of sp³-hybridized carbons (Fsp3) is 0.615. The summed E-state index contributed by atoms with van der Waals surface area (Å²) in [4.78, 5) is 21.4. The summed E-state index contributed by atoms with van der Waals surface area (Å²) in [6.45, 7) is 0.0496. The lowest BCUT2D eigenvalue weighted by molar-refractivity contribution is -0.0775. The van der Waals surface area contributed by atoms with Crippen molar-refractivity contribution in [2.75, 3.05) is 32.7 Å². The van der Waals surface area contributed by atoms with Crippen LogP contribution in [0.3, 0.4) is 0 Å². The van der Waals surface area contributed by atoms with Gasteiger partial charge in [0.05, 0.1) is 26.1 Å². The summed E-state index contributed by atoms with van der Waals surface area (Å²) in [5.74, 6) is 0.202. The van der Waals surface area contributed by atoms with Gasteiger partial charge in [-0.15, -0.1) is 9.42 Å². The Balaban J connectivity index is 1.96. The van der Waals surface area contributed by atoms with E-state index in [1.165, 1.54) is 19.8 Å². The van der Waals surface area contributed by atoms with E-state index in [2.05, 4.69) is 15.0 Å². The van der Waals surface area contributed by atoms with Crippen molar-refractivity contribution in [1.29, 1.82) is 0 Å². The molecule has 0 bridgehead atoms. The molecule has 0 aliphatic carbocycles. The van der Waals surface area contributed by atoms with Gasteiger partial charge in [0.1, 0.15) is 24.1 Å². The number of hydrogen-bond acceptors (Lipinski definition) is 10. The third-order valence-electron chi connectivity index (χ3n) is 3.94. The van der Waals surface area contributed by atoms with Crippen LogP contribution < -0.4 is 5.73 Å². The monoisotopic (exact) mass is 388 g/mol. The summed E-state index contributed by atoms with van der Waals surface area (Å²) >= 11 is 0. The number of imidazole rings is 1. The second kappa shape index (κ2) is 8.27. The van der Waals surface area contributed by atoms with Gasteiger partial charge in [-0.2, -0.15) is 0 Å². The number of nitrogen functional groups attached to an aromatic ring is 1. The topological polar surface area (TPSA) is 164 Å². The average molecular weight is 388 g/mol. The molecule has 2 aromatic heterocycles. The van der Waals surface area contributed by atoms with E-state index in [9.17, 15) is 9.67 Å². The maximum Gasteiger partial charge on any atom is 0.695 e. The van der Waals surface area contributed by atoms with Gasteiger partial charge in [-0.3, -0.25) is 4.57 Å². The fourth-order valence-corrected chi connectivity index (χ4v) is 3.28. The highest BCUT2D eigenvalue weighted by Gasteiger charge is 2.51. The molecule has 0 amide bonds. The third-order valence-corrected chi connectivity index (χ3v) is 4.36. The molecule has 1 aliphatic rings. The fourth-order valence-electron chi connectivity index (χ4n) is 2.81.